The fourth-order valence-corrected chi connectivity index (χ4v) is 3.96. The van der Waals surface area contributed by atoms with Crippen molar-refractivity contribution in [1.29, 1.82) is 0 Å². The first-order valence-corrected chi connectivity index (χ1v) is 9.87. The standard InChI is InChI=1S/C22H26N4O3/c1-14-5-4-6-19-20(14)17(7-10-29-19)24-18-11-16(22(28)25(3)8-9-27)13-26-12-15(2)23-21(18)26/h4-6,11-13,17,24,27H,7-10H2,1-3H3/p+1/t17-/m1/s1. The molecule has 0 bridgehead atoms. The predicted molar refractivity (Wildman–Crippen MR) is 110 cm³/mol. The van der Waals surface area contributed by atoms with Gasteiger partial charge in [0.1, 0.15) is 29.5 Å². The molecule has 0 saturated heterocycles. The van der Waals surface area contributed by atoms with Crippen LogP contribution in [0.25, 0.3) is 5.65 Å². The number of anilines is 1. The minimum Gasteiger partial charge on any atom is -0.493 e. The Bertz CT molecular complexity index is 1060. The van der Waals surface area contributed by atoms with Crippen LogP contribution in [0.15, 0.2) is 36.7 Å². The number of ether oxygens (including phenoxy) is 1. The molecular weight excluding hydrogens is 368 g/mol. The lowest BCUT2D eigenvalue weighted by molar-refractivity contribution is -0.509. The Morgan fingerprint density at radius 1 is 1.38 bits per heavy atom. The molecule has 7 nitrogen and oxygen atoms in total. The number of nitrogens with one attached hydrogen (secondary N) is 2. The van der Waals surface area contributed by atoms with Gasteiger partial charge in [0.05, 0.1) is 24.8 Å². The van der Waals surface area contributed by atoms with Gasteiger partial charge in [-0.25, -0.2) is 9.38 Å². The van der Waals surface area contributed by atoms with Gasteiger partial charge < -0.3 is 20.1 Å². The van der Waals surface area contributed by atoms with Gasteiger partial charge >= 0.3 is 5.65 Å². The molecule has 1 aromatic carbocycles. The molecule has 0 aliphatic carbocycles. The number of fused-ring (bicyclic) bond motifs is 2. The zero-order valence-corrected chi connectivity index (χ0v) is 17.0. The maximum absolute atomic E-state index is 12.8. The molecule has 1 aliphatic heterocycles. The maximum Gasteiger partial charge on any atom is 0.307 e. The van der Waals surface area contributed by atoms with Crippen LogP contribution in [-0.4, -0.2) is 47.7 Å². The SMILES string of the molecule is Cc1c[n+]2cc(C(=O)N(C)CCO)cc(N[C@@H]3CCOc4cccc(C)c43)c2[nH]1. The number of aromatic nitrogens is 2. The van der Waals surface area contributed by atoms with Crippen LogP contribution < -0.4 is 14.5 Å². The highest BCUT2D eigenvalue weighted by Gasteiger charge is 2.26. The predicted octanol–water partition coefficient (Wildman–Crippen LogP) is 2.37. The highest BCUT2D eigenvalue weighted by Crippen LogP contribution is 2.37. The highest BCUT2D eigenvalue weighted by molar-refractivity contribution is 5.95. The van der Waals surface area contributed by atoms with E-state index in [9.17, 15) is 4.79 Å². The second-order valence-corrected chi connectivity index (χ2v) is 7.61. The maximum atomic E-state index is 12.8. The Morgan fingerprint density at radius 2 is 2.21 bits per heavy atom. The number of nitrogens with zero attached hydrogens (tertiary/aromatic N) is 2. The van der Waals surface area contributed by atoms with Crippen LogP contribution in [0.3, 0.4) is 0 Å². The molecule has 2 aromatic heterocycles. The molecule has 0 spiro atoms. The summed E-state index contributed by atoms with van der Waals surface area (Å²) in [5.74, 6) is 0.786. The average molecular weight is 395 g/mol. The third-order valence-corrected chi connectivity index (χ3v) is 5.40. The molecule has 0 unspecified atom stereocenters. The number of benzene rings is 1. The molecule has 1 atom stereocenters. The Kier molecular flexibility index (Phi) is 5.15. The van der Waals surface area contributed by atoms with Crippen molar-refractivity contribution in [2.24, 2.45) is 0 Å². The molecule has 3 heterocycles. The Balaban J connectivity index is 1.75. The normalized spacial score (nSPS) is 15.7. The molecule has 29 heavy (non-hydrogen) atoms. The first kappa shape index (κ1) is 19.3. The Hall–Kier alpha value is -3.06. The van der Waals surface area contributed by atoms with Gasteiger partial charge in [-0.1, -0.05) is 12.1 Å². The molecular formula is C22H27N4O3+. The molecule has 1 amide bonds. The lowest BCUT2D eigenvalue weighted by atomic mass is 9.95. The number of aliphatic hydroxyl groups excluding tert-OH is 1. The first-order valence-electron chi connectivity index (χ1n) is 9.87. The lowest BCUT2D eigenvalue weighted by Gasteiger charge is -2.28. The van der Waals surface area contributed by atoms with Gasteiger partial charge in [-0.3, -0.25) is 4.79 Å². The van der Waals surface area contributed by atoms with E-state index in [0.717, 1.165) is 34.8 Å². The number of hydrogen-bond acceptors (Lipinski definition) is 4. The van der Waals surface area contributed by atoms with E-state index >= 15 is 0 Å². The minimum atomic E-state index is -0.126. The third kappa shape index (κ3) is 3.65. The average Bonchev–Trinajstić information content (AvgIpc) is 3.08. The van der Waals surface area contributed by atoms with Crippen molar-refractivity contribution in [3.05, 3.63) is 59.0 Å². The van der Waals surface area contributed by atoms with E-state index in [4.69, 9.17) is 9.84 Å². The van der Waals surface area contributed by atoms with E-state index < -0.39 is 0 Å². The number of aromatic amines is 1. The van der Waals surface area contributed by atoms with E-state index in [0.29, 0.717) is 18.7 Å². The number of carbonyl (C=O) groups excluding carboxylic acids is 1. The number of pyridine rings is 1. The van der Waals surface area contributed by atoms with Gasteiger partial charge in [-0.05, 0) is 24.6 Å². The van der Waals surface area contributed by atoms with E-state index in [1.165, 1.54) is 10.5 Å². The van der Waals surface area contributed by atoms with Crippen LogP contribution in [0.1, 0.15) is 39.6 Å². The van der Waals surface area contributed by atoms with Crippen molar-refractivity contribution >= 4 is 17.2 Å². The summed E-state index contributed by atoms with van der Waals surface area (Å²) in [7, 11) is 1.70. The number of hydrogen-bond donors (Lipinski definition) is 3. The van der Waals surface area contributed by atoms with Crippen molar-refractivity contribution in [2.45, 2.75) is 26.3 Å². The van der Waals surface area contributed by atoms with E-state index in [2.05, 4.69) is 23.3 Å². The number of rotatable bonds is 5. The molecule has 4 rings (SSSR count). The molecule has 3 N–H and O–H groups in total. The quantitative estimate of drug-likeness (QED) is 0.580. The van der Waals surface area contributed by atoms with E-state index in [1.54, 1.807) is 7.05 Å². The summed E-state index contributed by atoms with van der Waals surface area (Å²) in [5, 5.41) is 12.8. The molecule has 0 saturated carbocycles. The second kappa shape index (κ2) is 7.75. The second-order valence-electron chi connectivity index (χ2n) is 7.61. The summed E-state index contributed by atoms with van der Waals surface area (Å²) < 4.78 is 7.79. The number of aliphatic hydroxyl groups is 1. The zero-order chi connectivity index (χ0) is 20.5. The van der Waals surface area contributed by atoms with Crippen LogP contribution in [0.5, 0.6) is 5.75 Å². The molecule has 0 radical (unpaired) electrons. The lowest BCUT2D eigenvalue weighted by Crippen LogP contribution is -2.32. The number of likely N-dealkylation sites (N-methyl/N-ethyl adjacent to an activating group) is 1. The summed E-state index contributed by atoms with van der Waals surface area (Å²) in [6, 6.07) is 8.08. The molecule has 152 valence electrons. The minimum absolute atomic E-state index is 0.0653. The molecule has 1 aliphatic rings. The summed E-state index contributed by atoms with van der Waals surface area (Å²) in [4.78, 5) is 17.7. The van der Waals surface area contributed by atoms with Crippen LogP contribution in [0, 0.1) is 13.8 Å². The van der Waals surface area contributed by atoms with Gasteiger partial charge in [0.2, 0.25) is 0 Å². The monoisotopic (exact) mass is 395 g/mol. The van der Waals surface area contributed by atoms with Crippen molar-refractivity contribution in [3.63, 3.8) is 0 Å². The van der Waals surface area contributed by atoms with Crippen LogP contribution in [-0.2, 0) is 0 Å². The van der Waals surface area contributed by atoms with Crippen LogP contribution in [0.4, 0.5) is 5.69 Å². The fraction of sp³-hybridized carbons (Fsp3) is 0.364. The van der Waals surface area contributed by atoms with Crippen molar-refractivity contribution < 1.29 is 19.0 Å². The molecule has 7 heteroatoms. The number of amides is 1. The number of H-pyrrole nitrogens is 1. The number of imidazole rings is 1. The van der Waals surface area contributed by atoms with Crippen molar-refractivity contribution in [3.8, 4) is 5.75 Å². The van der Waals surface area contributed by atoms with Gasteiger partial charge in [0.25, 0.3) is 5.91 Å². The zero-order valence-electron chi connectivity index (χ0n) is 17.0. The molecule has 3 aromatic rings. The fourth-order valence-electron chi connectivity index (χ4n) is 3.96. The smallest absolute Gasteiger partial charge is 0.307 e. The van der Waals surface area contributed by atoms with Crippen LogP contribution in [0.2, 0.25) is 0 Å². The third-order valence-electron chi connectivity index (χ3n) is 5.40. The highest BCUT2D eigenvalue weighted by atomic mass is 16.5. The van der Waals surface area contributed by atoms with Gasteiger partial charge in [-0.2, -0.15) is 0 Å². The largest absolute Gasteiger partial charge is 0.493 e. The summed E-state index contributed by atoms with van der Waals surface area (Å²) >= 11 is 0. The van der Waals surface area contributed by atoms with Gasteiger partial charge in [0, 0.05) is 32.5 Å². The van der Waals surface area contributed by atoms with Gasteiger partial charge in [-0.15, -0.1) is 0 Å². The number of aryl methyl sites for hydroxylation is 2. The topological polar surface area (TPSA) is 81.7 Å². The summed E-state index contributed by atoms with van der Waals surface area (Å²) in [6.07, 6.45) is 4.63. The van der Waals surface area contributed by atoms with E-state index in [-0.39, 0.29) is 18.6 Å². The molecule has 0 fully saturated rings. The van der Waals surface area contributed by atoms with Crippen molar-refractivity contribution in [2.75, 3.05) is 32.1 Å². The first-order chi connectivity index (χ1) is 14.0. The van der Waals surface area contributed by atoms with Gasteiger partial charge in [0.15, 0.2) is 0 Å². The summed E-state index contributed by atoms with van der Waals surface area (Å²) in [5.41, 5.74) is 5.69. The van der Waals surface area contributed by atoms with E-state index in [1.807, 2.05) is 41.9 Å². The van der Waals surface area contributed by atoms with Crippen LogP contribution >= 0.6 is 0 Å². The summed E-state index contributed by atoms with van der Waals surface area (Å²) in [6.45, 7) is 4.96. The Morgan fingerprint density at radius 3 is 3.00 bits per heavy atom. The number of carbonyl (C=O) groups is 1. The Labute approximate surface area is 169 Å². The van der Waals surface area contributed by atoms with Crippen molar-refractivity contribution in [1.82, 2.24) is 9.88 Å².